The van der Waals surface area contributed by atoms with Crippen LogP contribution in [0.5, 0.6) is 0 Å². The molecular formula is C13H21NOS. The lowest BCUT2D eigenvalue weighted by atomic mass is 9.87. The van der Waals surface area contributed by atoms with Crippen LogP contribution in [0.15, 0.2) is 12.1 Å². The van der Waals surface area contributed by atoms with E-state index in [1.54, 1.807) is 0 Å². The third kappa shape index (κ3) is 2.84. The highest BCUT2D eigenvalue weighted by molar-refractivity contribution is 7.11. The van der Waals surface area contributed by atoms with Gasteiger partial charge < -0.3 is 10.4 Å². The molecule has 0 aliphatic heterocycles. The highest BCUT2D eigenvalue weighted by Crippen LogP contribution is 2.36. The van der Waals surface area contributed by atoms with E-state index < -0.39 is 0 Å². The van der Waals surface area contributed by atoms with E-state index in [9.17, 15) is 5.11 Å². The van der Waals surface area contributed by atoms with Crippen LogP contribution >= 0.6 is 11.3 Å². The second kappa shape index (κ2) is 5.30. The van der Waals surface area contributed by atoms with Gasteiger partial charge in [-0.15, -0.1) is 11.3 Å². The van der Waals surface area contributed by atoms with Crippen LogP contribution in [0.2, 0.25) is 0 Å². The molecule has 1 fully saturated rings. The van der Waals surface area contributed by atoms with E-state index in [2.05, 4.69) is 24.4 Å². The molecule has 0 atom stereocenters. The summed E-state index contributed by atoms with van der Waals surface area (Å²) in [6.07, 6.45) is 4.92. The molecule has 1 aliphatic rings. The van der Waals surface area contributed by atoms with Gasteiger partial charge in [0.05, 0.1) is 0 Å². The first kappa shape index (κ1) is 12.1. The van der Waals surface area contributed by atoms with Gasteiger partial charge in [-0.1, -0.05) is 12.8 Å². The number of hydrogen-bond acceptors (Lipinski definition) is 3. The molecule has 1 heterocycles. The van der Waals surface area contributed by atoms with Gasteiger partial charge >= 0.3 is 0 Å². The Hall–Kier alpha value is -0.380. The fourth-order valence-electron chi connectivity index (χ4n) is 2.55. The van der Waals surface area contributed by atoms with Crippen LogP contribution in [0.25, 0.3) is 0 Å². The Kier molecular flexibility index (Phi) is 4.00. The minimum atomic E-state index is 0.173. The van der Waals surface area contributed by atoms with Crippen molar-refractivity contribution < 1.29 is 5.11 Å². The molecule has 1 aromatic rings. The van der Waals surface area contributed by atoms with Crippen molar-refractivity contribution in [3.05, 3.63) is 21.9 Å². The molecule has 2 nitrogen and oxygen atoms in total. The molecule has 1 saturated carbocycles. The molecule has 2 N–H and O–H groups in total. The highest BCUT2D eigenvalue weighted by atomic mass is 32.1. The van der Waals surface area contributed by atoms with E-state index in [0.29, 0.717) is 6.61 Å². The molecule has 1 aromatic heterocycles. The van der Waals surface area contributed by atoms with Crippen molar-refractivity contribution in [1.82, 2.24) is 5.32 Å². The van der Waals surface area contributed by atoms with Gasteiger partial charge in [-0.05, 0) is 31.9 Å². The van der Waals surface area contributed by atoms with Crippen molar-refractivity contribution in [2.24, 2.45) is 5.41 Å². The molecule has 1 aliphatic carbocycles. The van der Waals surface area contributed by atoms with Gasteiger partial charge in [0.1, 0.15) is 0 Å². The fraction of sp³-hybridized carbons (Fsp3) is 0.692. The van der Waals surface area contributed by atoms with Gasteiger partial charge in [0, 0.05) is 34.9 Å². The summed E-state index contributed by atoms with van der Waals surface area (Å²) >= 11 is 1.85. The van der Waals surface area contributed by atoms with Crippen LogP contribution in [-0.2, 0) is 6.54 Å². The Morgan fingerprint density at radius 3 is 2.69 bits per heavy atom. The van der Waals surface area contributed by atoms with Crippen LogP contribution in [0, 0.1) is 12.3 Å². The SMILES string of the molecule is Cc1ccc(CNCC2(CO)CCCC2)s1. The summed E-state index contributed by atoms with van der Waals surface area (Å²) in [7, 11) is 0. The van der Waals surface area contributed by atoms with Crippen molar-refractivity contribution in [1.29, 1.82) is 0 Å². The largest absolute Gasteiger partial charge is 0.396 e. The molecule has 0 saturated heterocycles. The van der Waals surface area contributed by atoms with Crippen molar-refractivity contribution >= 4 is 11.3 Å². The lowest BCUT2D eigenvalue weighted by Gasteiger charge is -2.26. The first-order valence-corrected chi connectivity index (χ1v) is 6.93. The van der Waals surface area contributed by atoms with E-state index in [-0.39, 0.29) is 5.41 Å². The Morgan fingerprint density at radius 2 is 2.12 bits per heavy atom. The van der Waals surface area contributed by atoms with E-state index in [1.165, 1.54) is 35.4 Å². The van der Waals surface area contributed by atoms with Crippen molar-refractivity contribution in [3.8, 4) is 0 Å². The number of thiophene rings is 1. The van der Waals surface area contributed by atoms with Crippen LogP contribution in [0.4, 0.5) is 0 Å². The number of hydrogen-bond donors (Lipinski definition) is 2. The average molecular weight is 239 g/mol. The number of aliphatic hydroxyl groups is 1. The van der Waals surface area contributed by atoms with Gasteiger partial charge in [-0.2, -0.15) is 0 Å². The minimum absolute atomic E-state index is 0.173. The van der Waals surface area contributed by atoms with E-state index >= 15 is 0 Å². The van der Waals surface area contributed by atoms with Gasteiger partial charge in [-0.3, -0.25) is 0 Å². The Balaban J connectivity index is 1.78. The first-order chi connectivity index (χ1) is 7.74. The molecule has 0 bridgehead atoms. The third-order valence-corrected chi connectivity index (χ3v) is 4.60. The van der Waals surface area contributed by atoms with E-state index in [0.717, 1.165) is 13.1 Å². The maximum absolute atomic E-state index is 9.48. The molecule has 0 unspecified atom stereocenters. The molecule has 0 amide bonds. The molecule has 90 valence electrons. The zero-order chi connectivity index (χ0) is 11.4. The maximum atomic E-state index is 9.48. The predicted molar refractivity (Wildman–Crippen MR) is 68.7 cm³/mol. The maximum Gasteiger partial charge on any atom is 0.0499 e. The topological polar surface area (TPSA) is 32.3 Å². The zero-order valence-electron chi connectivity index (χ0n) is 9.96. The standard InChI is InChI=1S/C13H21NOS/c1-11-4-5-12(16-11)8-14-9-13(10-15)6-2-3-7-13/h4-5,14-15H,2-3,6-10H2,1H3. The molecule has 0 aromatic carbocycles. The average Bonchev–Trinajstić information content (AvgIpc) is 2.89. The summed E-state index contributed by atoms with van der Waals surface area (Å²) < 4.78 is 0. The second-order valence-electron chi connectivity index (χ2n) is 4.98. The second-order valence-corrected chi connectivity index (χ2v) is 6.35. The molecule has 16 heavy (non-hydrogen) atoms. The van der Waals surface area contributed by atoms with Crippen LogP contribution in [0.3, 0.4) is 0 Å². The molecular weight excluding hydrogens is 218 g/mol. The highest BCUT2D eigenvalue weighted by Gasteiger charge is 2.32. The van der Waals surface area contributed by atoms with Crippen LogP contribution in [0.1, 0.15) is 35.4 Å². The quantitative estimate of drug-likeness (QED) is 0.828. The third-order valence-electron chi connectivity index (χ3n) is 3.59. The summed E-state index contributed by atoms with van der Waals surface area (Å²) in [5, 5.41) is 13.0. The predicted octanol–water partition coefficient (Wildman–Crippen LogP) is 2.70. The van der Waals surface area contributed by atoms with Gasteiger partial charge in [0.2, 0.25) is 0 Å². The normalized spacial score (nSPS) is 19.1. The number of aliphatic hydroxyl groups excluding tert-OH is 1. The number of aryl methyl sites for hydroxylation is 1. The van der Waals surface area contributed by atoms with Gasteiger partial charge in [0.25, 0.3) is 0 Å². The smallest absolute Gasteiger partial charge is 0.0499 e. The number of rotatable bonds is 5. The fourth-order valence-corrected chi connectivity index (χ4v) is 3.41. The monoisotopic (exact) mass is 239 g/mol. The Morgan fingerprint density at radius 1 is 1.38 bits per heavy atom. The summed E-state index contributed by atoms with van der Waals surface area (Å²) in [6, 6.07) is 4.35. The first-order valence-electron chi connectivity index (χ1n) is 6.11. The zero-order valence-corrected chi connectivity index (χ0v) is 10.8. The van der Waals surface area contributed by atoms with Crippen LogP contribution < -0.4 is 5.32 Å². The Labute approximate surface area is 102 Å². The molecule has 0 spiro atoms. The van der Waals surface area contributed by atoms with Crippen LogP contribution in [-0.4, -0.2) is 18.3 Å². The molecule has 0 radical (unpaired) electrons. The lowest BCUT2D eigenvalue weighted by Crippen LogP contribution is -2.34. The molecule has 2 rings (SSSR count). The minimum Gasteiger partial charge on any atom is -0.396 e. The van der Waals surface area contributed by atoms with Gasteiger partial charge in [-0.25, -0.2) is 0 Å². The Bertz CT molecular complexity index is 328. The van der Waals surface area contributed by atoms with E-state index in [4.69, 9.17) is 0 Å². The lowest BCUT2D eigenvalue weighted by molar-refractivity contribution is 0.128. The van der Waals surface area contributed by atoms with Gasteiger partial charge in [0.15, 0.2) is 0 Å². The molecule has 3 heteroatoms. The number of nitrogens with one attached hydrogen (secondary N) is 1. The summed E-state index contributed by atoms with van der Waals surface area (Å²) in [6.45, 7) is 4.38. The summed E-state index contributed by atoms with van der Waals surface area (Å²) in [4.78, 5) is 2.76. The van der Waals surface area contributed by atoms with E-state index in [1.807, 2.05) is 11.3 Å². The van der Waals surface area contributed by atoms with Crippen molar-refractivity contribution in [2.75, 3.05) is 13.2 Å². The summed E-state index contributed by atoms with van der Waals surface area (Å²) in [5.41, 5.74) is 0.173. The van der Waals surface area contributed by atoms with Crippen molar-refractivity contribution in [3.63, 3.8) is 0 Å². The summed E-state index contributed by atoms with van der Waals surface area (Å²) in [5.74, 6) is 0. The van der Waals surface area contributed by atoms with Crippen molar-refractivity contribution in [2.45, 2.75) is 39.2 Å².